The Kier molecular flexibility index (Phi) is 7.65. The van der Waals surface area contributed by atoms with Crippen LogP contribution in [0.2, 0.25) is 0 Å². The van der Waals surface area contributed by atoms with Crippen molar-refractivity contribution in [3.8, 4) is 11.1 Å². The standard InChI is InChI=1S/C36H30BNO2Si/c39-37(40)35-25-24-29(27-36(35)38-30-15-5-1-6-16-30)28-14-13-23-34(26-28)41(31-17-7-2-8-18-31,32-19-9-3-10-20-32)33-21-11-4-12-22-33/h1-27,38-40H. The fraction of sp³-hybridized carbons (Fsp3) is 0. The van der Waals surface area contributed by atoms with E-state index in [1.165, 1.54) is 20.7 Å². The summed E-state index contributed by atoms with van der Waals surface area (Å²) >= 11 is 0. The van der Waals surface area contributed by atoms with Crippen LogP contribution in [-0.2, 0) is 0 Å². The Morgan fingerprint density at radius 3 is 1.41 bits per heavy atom. The fourth-order valence-electron chi connectivity index (χ4n) is 5.74. The largest absolute Gasteiger partial charge is 0.490 e. The second-order valence-electron chi connectivity index (χ2n) is 10.1. The minimum atomic E-state index is -2.66. The highest BCUT2D eigenvalue weighted by Crippen LogP contribution is 2.24. The third kappa shape index (κ3) is 5.26. The Morgan fingerprint density at radius 2 is 0.902 bits per heavy atom. The first-order chi connectivity index (χ1) is 20.2. The van der Waals surface area contributed by atoms with Crippen LogP contribution in [0.15, 0.2) is 164 Å². The lowest BCUT2D eigenvalue weighted by Gasteiger charge is -2.34. The van der Waals surface area contributed by atoms with Crippen LogP contribution >= 0.6 is 0 Å². The maximum Gasteiger partial charge on any atom is 0.490 e. The van der Waals surface area contributed by atoms with Gasteiger partial charge in [0.2, 0.25) is 0 Å². The quantitative estimate of drug-likeness (QED) is 0.198. The molecule has 0 spiro atoms. The molecule has 0 aliphatic rings. The molecule has 5 heteroatoms. The first-order valence-electron chi connectivity index (χ1n) is 13.8. The molecule has 0 atom stereocenters. The molecule has 6 aromatic carbocycles. The van der Waals surface area contributed by atoms with E-state index >= 15 is 0 Å². The molecule has 0 amide bonds. The summed E-state index contributed by atoms with van der Waals surface area (Å²) in [7, 11) is -4.25. The normalized spacial score (nSPS) is 11.2. The second kappa shape index (κ2) is 11.8. The Bertz CT molecular complexity index is 1630. The zero-order chi connectivity index (χ0) is 28.1. The summed E-state index contributed by atoms with van der Waals surface area (Å²) in [6, 6.07) is 57.0. The van der Waals surface area contributed by atoms with E-state index in [0.29, 0.717) is 11.2 Å². The molecule has 0 bridgehead atoms. The fourth-order valence-corrected chi connectivity index (χ4v) is 10.5. The smallest absolute Gasteiger partial charge is 0.423 e. The molecule has 3 nitrogen and oxygen atoms in total. The van der Waals surface area contributed by atoms with E-state index in [-0.39, 0.29) is 0 Å². The average molecular weight is 548 g/mol. The van der Waals surface area contributed by atoms with E-state index < -0.39 is 15.2 Å². The Labute approximate surface area is 242 Å². The summed E-state index contributed by atoms with van der Waals surface area (Å²) in [5.74, 6) is 0. The van der Waals surface area contributed by atoms with Gasteiger partial charge in [-0.1, -0.05) is 146 Å². The maximum atomic E-state index is 10.1. The number of anilines is 2. The van der Waals surface area contributed by atoms with E-state index in [2.05, 4.69) is 121 Å². The Balaban J connectivity index is 1.55. The van der Waals surface area contributed by atoms with E-state index in [9.17, 15) is 10.0 Å². The minimum Gasteiger partial charge on any atom is -0.423 e. The molecule has 0 aliphatic carbocycles. The zero-order valence-corrected chi connectivity index (χ0v) is 23.6. The molecular formula is C36H30BNO2Si. The molecule has 0 aromatic heterocycles. The number of rotatable bonds is 8. The van der Waals surface area contributed by atoms with Crippen LogP contribution in [0.3, 0.4) is 0 Å². The molecule has 0 saturated carbocycles. The summed E-state index contributed by atoms with van der Waals surface area (Å²) in [6.07, 6.45) is 0. The highest BCUT2D eigenvalue weighted by molar-refractivity contribution is 7.19. The lowest BCUT2D eigenvalue weighted by Crippen LogP contribution is -2.74. The summed E-state index contributed by atoms with van der Waals surface area (Å²) in [6.45, 7) is 0. The number of benzene rings is 6. The molecule has 198 valence electrons. The summed E-state index contributed by atoms with van der Waals surface area (Å²) in [5.41, 5.74) is 4.02. The molecular weight excluding hydrogens is 517 g/mol. The Morgan fingerprint density at radius 1 is 0.439 bits per heavy atom. The van der Waals surface area contributed by atoms with Crippen molar-refractivity contribution in [2.75, 3.05) is 5.32 Å². The van der Waals surface area contributed by atoms with Crippen molar-refractivity contribution in [1.29, 1.82) is 0 Å². The van der Waals surface area contributed by atoms with Gasteiger partial charge in [-0.25, -0.2) is 0 Å². The average Bonchev–Trinajstić information content (AvgIpc) is 3.04. The monoisotopic (exact) mass is 547 g/mol. The molecule has 0 heterocycles. The summed E-state index contributed by atoms with van der Waals surface area (Å²) in [5, 5.41) is 28.8. The molecule has 0 saturated heterocycles. The molecule has 6 rings (SSSR count). The first kappa shape index (κ1) is 26.5. The topological polar surface area (TPSA) is 52.5 Å². The molecule has 0 fully saturated rings. The van der Waals surface area contributed by atoms with Gasteiger partial charge >= 0.3 is 7.12 Å². The zero-order valence-electron chi connectivity index (χ0n) is 22.6. The van der Waals surface area contributed by atoms with Gasteiger partial charge in [-0.05, 0) is 50.1 Å². The molecule has 0 radical (unpaired) electrons. The van der Waals surface area contributed by atoms with Crippen LogP contribution in [0.4, 0.5) is 11.4 Å². The van der Waals surface area contributed by atoms with Gasteiger partial charge in [-0.15, -0.1) is 0 Å². The van der Waals surface area contributed by atoms with Crippen molar-refractivity contribution in [1.82, 2.24) is 0 Å². The predicted octanol–water partition coefficient (Wildman–Crippen LogP) is 4.15. The van der Waals surface area contributed by atoms with Gasteiger partial charge in [0.05, 0.1) is 0 Å². The third-order valence-electron chi connectivity index (χ3n) is 7.63. The van der Waals surface area contributed by atoms with Crippen molar-refractivity contribution in [2.45, 2.75) is 0 Å². The lowest BCUT2D eigenvalue weighted by atomic mass is 9.78. The molecule has 3 N–H and O–H groups in total. The highest BCUT2D eigenvalue weighted by Gasteiger charge is 2.41. The predicted molar refractivity (Wildman–Crippen MR) is 175 cm³/mol. The molecule has 41 heavy (non-hydrogen) atoms. The Hall–Kier alpha value is -4.68. The van der Waals surface area contributed by atoms with E-state index in [0.717, 1.165) is 16.8 Å². The van der Waals surface area contributed by atoms with Gasteiger partial charge < -0.3 is 15.4 Å². The van der Waals surface area contributed by atoms with Gasteiger partial charge in [0.1, 0.15) is 0 Å². The van der Waals surface area contributed by atoms with Gasteiger partial charge in [0.15, 0.2) is 8.07 Å². The molecule has 0 unspecified atom stereocenters. The van der Waals surface area contributed by atoms with Crippen molar-refractivity contribution in [3.63, 3.8) is 0 Å². The number of para-hydroxylation sites is 1. The number of hydrogen-bond acceptors (Lipinski definition) is 3. The SMILES string of the molecule is OB(O)c1ccc(-c2cccc([Si](c3ccccc3)(c3ccccc3)c3ccccc3)c2)cc1Nc1ccccc1. The van der Waals surface area contributed by atoms with Crippen molar-refractivity contribution in [2.24, 2.45) is 0 Å². The van der Waals surface area contributed by atoms with Crippen LogP contribution < -0.4 is 31.5 Å². The van der Waals surface area contributed by atoms with E-state index in [1.807, 2.05) is 42.5 Å². The van der Waals surface area contributed by atoms with Crippen LogP contribution in [0.1, 0.15) is 0 Å². The molecule has 0 aliphatic heterocycles. The number of nitrogens with one attached hydrogen (secondary N) is 1. The van der Waals surface area contributed by atoms with Crippen LogP contribution in [0.25, 0.3) is 11.1 Å². The van der Waals surface area contributed by atoms with E-state index in [4.69, 9.17) is 0 Å². The van der Waals surface area contributed by atoms with Crippen molar-refractivity contribution in [3.05, 3.63) is 164 Å². The first-order valence-corrected chi connectivity index (χ1v) is 15.8. The third-order valence-corrected chi connectivity index (χ3v) is 12.4. The van der Waals surface area contributed by atoms with E-state index in [1.54, 1.807) is 6.07 Å². The minimum absolute atomic E-state index is 0.426. The summed E-state index contributed by atoms with van der Waals surface area (Å²) < 4.78 is 0. The van der Waals surface area contributed by atoms with Crippen molar-refractivity contribution >= 4 is 52.8 Å². The highest BCUT2D eigenvalue weighted by atomic mass is 28.3. The van der Waals surface area contributed by atoms with Gasteiger partial charge in [0.25, 0.3) is 0 Å². The lowest BCUT2D eigenvalue weighted by molar-refractivity contribution is 0.426. The van der Waals surface area contributed by atoms with Gasteiger partial charge in [-0.3, -0.25) is 0 Å². The van der Waals surface area contributed by atoms with Crippen molar-refractivity contribution < 1.29 is 10.0 Å². The van der Waals surface area contributed by atoms with Crippen LogP contribution in [-0.4, -0.2) is 25.2 Å². The molecule has 6 aromatic rings. The second-order valence-corrected chi connectivity index (χ2v) is 13.9. The van der Waals surface area contributed by atoms with Crippen LogP contribution in [0.5, 0.6) is 0 Å². The van der Waals surface area contributed by atoms with Gasteiger partial charge in [0, 0.05) is 16.8 Å². The summed E-state index contributed by atoms with van der Waals surface area (Å²) in [4.78, 5) is 0. The van der Waals surface area contributed by atoms with Gasteiger partial charge in [-0.2, -0.15) is 0 Å². The maximum absolute atomic E-state index is 10.1. The van der Waals surface area contributed by atoms with Crippen LogP contribution in [0, 0.1) is 0 Å². The number of hydrogen-bond donors (Lipinski definition) is 3.